The third-order valence-corrected chi connectivity index (χ3v) is 16.7. The molecule has 0 bridgehead atoms. The fraction of sp³-hybridized carbons (Fsp3) is 0.737. The van der Waals surface area contributed by atoms with Crippen LogP contribution in [0, 0.1) is 11.8 Å². The summed E-state index contributed by atoms with van der Waals surface area (Å²) in [5, 5.41) is 0. The van der Waals surface area contributed by atoms with Crippen LogP contribution >= 0.6 is 0 Å². The molecule has 6 rings (SSSR count). The molecule has 3 atom stereocenters. The average Bonchev–Trinajstić information content (AvgIpc) is 3.50. The van der Waals surface area contributed by atoms with Crippen LogP contribution < -0.4 is 9.47 Å². The summed E-state index contributed by atoms with van der Waals surface area (Å²) in [4.78, 5) is 0. The van der Waals surface area contributed by atoms with Crippen molar-refractivity contribution in [3.8, 4) is 11.5 Å². The highest BCUT2D eigenvalue weighted by atomic mass is 28.3. The molecule has 3 unspecified atom stereocenters. The quantitative estimate of drug-likeness (QED) is 0.267. The lowest BCUT2D eigenvalue weighted by atomic mass is 9.68. The lowest BCUT2D eigenvalue weighted by Gasteiger charge is -2.55. The molecule has 1 aromatic carbocycles. The molecule has 5 aliphatic rings. The number of nitrogens with zero attached hydrogens (tertiary/aromatic N) is 1. The number of ether oxygens (including phenoxy) is 2. The summed E-state index contributed by atoms with van der Waals surface area (Å²) in [6.45, 7) is 19.1. The van der Waals surface area contributed by atoms with E-state index in [2.05, 4.69) is 76.6 Å². The van der Waals surface area contributed by atoms with E-state index in [1.165, 1.54) is 94.6 Å². The molecular formula is C38H59NO2Si. The summed E-state index contributed by atoms with van der Waals surface area (Å²) in [6.07, 6.45) is 23.0. The van der Waals surface area contributed by atoms with Gasteiger partial charge in [0, 0.05) is 17.0 Å². The van der Waals surface area contributed by atoms with Crippen LogP contribution in [-0.2, 0) is 5.41 Å². The lowest BCUT2D eigenvalue weighted by molar-refractivity contribution is 0.140. The van der Waals surface area contributed by atoms with E-state index in [9.17, 15) is 0 Å². The van der Waals surface area contributed by atoms with Crippen molar-refractivity contribution in [2.24, 2.45) is 11.8 Å². The molecule has 3 nitrogen and oxygen atoms in total. The zero-order valence-corrected chi connectivity index (χ0v) is 29.0. The second-order valence-electron chi connectivity index (χ2n) is 15.9. The minimum absolute atomic E-state index is 0.111. The van der Waals surface area contributed by atoms with Crippen LogP contribution in [0.3, 0.4) is 0 Å². The number of benzene rings is 1. The van der Waals surface area contributed by atoms with Crippen molar-refractivity contribution < 1.29 is 9.47 Å². The van der Waals surface area contributed by atoms with Gasteiger partial charge in [0.2, 0.25) is 0 Å². The number of rotatable bonds is 9. The summed E-state index contributed by atoms with van der Waals surface area (Å²) >= 11 is 0. The highest BCUT2D eigenvalue weighted by Crippen LogP contribution is 2.63. The van der Waals surface area contributed by atoms with E-state index >= 15 is 0 Å². The molecule has 1 aliphatic heterocycles. The first kappa shape index (κ1) is 30.5. The van der Waals surface area contributed by atoms with E-state index in [0.717, 1.165) is 23.1 Å². The highest BCUT2D eigenvalue weighted by molar-refractivity contribution is 6.76. The van der Waals surface area contributed by atoms with Crippen molar-refractivity contribution >= 4 is 13.8 Å². The van der Waals surface area contributed by atoms with E-state index < -0.39 is 8.24 Å². The fourth-order valence-corrected chi connectivity index (χ4v) is 15.9. The molecule has 4 heteroatoms. The smallest absolute Gasteiger partial charge is 0.161 e. The predicted octanol–water partition coefficient (Wildman–Crippen LogP) is 10.4. The Labute approximate surface area is 258 Å². The maximum Gasteiger partial charge on any atom is 0.161 e. The molecule has 0 aromatic heterocycles. The van der Waals surface area contributed by atoms with Crippen LogP contribution in [-0.4, -0.2) is 37.6 Å². The molecule has 4 aliphatic carbocycles. The standard InChI is InChI=1S/C38H59NO2Si/c1-8-10-19-38(20-11-9-2)32-24-29-27(23-30(32)31-25-34-35(26-33(31)38)41-22-21-40-34)17-18-36(29)42(6,7)39(37(3,4)5)28-15-13-12-14-16-28/h23-29,36H,8-22H2,1-7H3. The summed E-state index contributed by atoms with van der Waals surface area (Å²) in [5.74, 6) is 3.27. The van der Waals surface area contributed by atoms with E-state index in [1.54, 1.807) is 11.1 Å². The Kier molecular flexibility index (Phi) is 8.54. The minimum atomic E-state index is -1.75. The van der Waals surface area contributed by atoms with Crippen LogP contribution in [0.1, 0.15) is 129 Å². The average molecular weight is 590 g/mol. The first-order valence-electron chi connectivity index (χ1n) is 17.8. The second-order valence-corrected chi connectivity index (χ2v) is 20.4. The Hall–Kier alpha value is -1.52. The van der Waals surface area contributed by atoms with Gasteiger partial charge in [-0.2, -0.15) is 0 Å². The van der Waals surface area contributed by atoms with Gasteiger partial charge in [0.15, 0.2) is 11.5 Å². The first-order chi connectivity index (χ1) is 20.1. The summed E-state index contributed by atoms with van der Waals surface area (Å²) in [7, 11) is -1.75. The van der Waals surface area contributed by atoms with Crippen LogP contribution in [0.2, 0.25) is 18.6 Å². The van der Waals surface area contributed by atoms with Gasteiger partial charge < -0.3 is 14.0 Å². The van der Waals surface area contributed by atoms with Crippen LogP contribution in [0.5, 0.6) is 11.5 Å². The van der Waals surface area contributed by atoms with Gasteiger partial charge >= 0.3 is 0 Å². The van der Waals surface area contributed by atoms with Gasteiger partial charge in [-0.25, -0.2) is 0 Å². The maximum atomic E-state index is 6.19. The zero-order chi connectivity index (χ0) is 29.7. The summed E-state index contributed by atoms with van der Waals surface area (Å²) in [6, 6.07) is 5.54. The summed E-state index contributed by atoms with van der Waals surface area (Å²) in [5.41, 5.74) is 7.38. The Morgan fingerprint density at radius 1 is 0.857 bits per heavy atom. The van der Waals surface area contributed by atoms with Gasteiger partial charge in [-0.3, -0.25) is 0 Å². The van der Waals surface area contributed by atoms with Crippen molar-refractivity contribution in [3.63, 3.8) is 0 Å². The minimum Gasteiger partial charge on any atom is -0.486 e. The second kappa shape index (κ2) is 11.8. The van der Waals surface area contributed by atoms with Gasteiger partial charge in [-0.15, -0.1) is 0 Å². The molecular weight excluding hydrogens is 531 g/mol. The Bertz CT molecular complexity index is 1190. The molecule has 0 amide bonds. The van der Waals surface area contributed by atoms with Gasteiger partial charge in [0.05, 0.1) is 0 Å². The first-order valence-corrected chi connectivity index (χ1v) is 20.8. The monoisotopic (exact) mass is 589 g/mol. The highest BCUT2D eigenvalue weighted by Gasteiger charge is 2.54. The summed E-state index contributed by atoms with van der Waals surface area (Å²) < 4.78 is 15.5. The molecule has 2 fully saturated rings. The molecule has 0 radical (unpaired) electrons. The molecule has 2 saturated carbocycles. The number of hydrogen-bond acceptors (Lipinski definition) is 3. The largest absolute Gasteiger partial charge is 0.486 e. The zero-order valence-electron chi connectivity index (χ0n) is 28.0. The molecule has 232 valence electrons. The SMILES string of the molecule is CCCCC1(CCCC)C2=CC3C(C=C2c2cc4c(cc21)OCCO4)CCC3[Si](C)(C)N(C1CCCCC1)C(C)(C)C. The number of fused-ring (bicyclic) bond motifs is 5. The molecule has 1 heterocycles. The van der Waals surface area contributed by atoms with Crippen molar-refractivity contribution in [2.45, 2.75) is 154 Å². The van der Waals surface area contributed by atoms with Crippen LogP contribution in [0.4, 0.5) is 0 Å². The Morgan fingerprint density at radius 3 is 2.12 bits per heavy atom. The third kappa shape index (κ3) is 5.15. The van der Waals surface area contributed by atoms with Crippen LogP contribution in [0.15, 0.2) is 29.9 Å². The maximum absolute atomic E-state index is 6.19. The van der Waals surface area contributed by atoms with Gasteiger partial charge in [0.25, 0.3) is 0 Å². The molecule has 0 N–H and O–H groups in total. The Morgan fingerprint density at radius 2 is 1.50 bits per heavy atom. The number of hydrogen-bond donors (Lipinski definition) is 0. The van der Waals surface area contributed by atoms with Gasteiger partial charge in [-0.1, -0.05) is 90.5 Å². The van der Waals surface area contributed by atoms with Gasteiger partial charge in [0.1, 0.15) is 21.4 Å². The molecule has 1 aromatic rings. The third-order valence-electron chi connectivity index (χ3n) is 11.9. The molecule has 42 heavy (non-hydrogen) atoms. The van der Waals surface area contributed by atoms with Gasteiger partial charge in [-0.05, 0) is 105 Å². The van der Waals surface area contributed by atoms with Crippen molar-refractivity contribution in [3.05, 3.63) is 41.0 Å². The fourth-order valence-electron chi connectivity index (χ4n) is 10.4. The van der Waals surface area contributed by atoms with E-state index in [0.29, 0.717) is 25.0 Å². The number of unbranched alkanes of at least 4 members (excludes halogenated alkanes) is 2. The van der Waals surface area contributed by atoms with E-state index in [1.807, 2.05) is 0 Å². The van der Waals surface area contributed by atoms with Crippen molar-refractivity contribution in [1.29, 1.82) is 0 Å². The van der Waals surface area contributed by atoms with Crippen molar-refractivity contribution in [2.75, 3.05) is 13.2 Å². The number of allylic oxidation sites excluding steroid dienone is 4. The molecule has 0 saturated heterocycles. The normalized spacial score (nSPS) is 26.9. The van der Waals surface area contributed by atoms with E-state index in [-0.39, 0.29) is 11.0 Å². The van der Waals surface area contributed by atoms with Crippen molar-refractivity contribution in [1.82, 2.24) is 4.57 Å². The topological polar surface area (TPSA) is 21.7 Å². The van der Waals surface area contributed by atoms with Crippen LogP contribution in [0.25, 0.3) is 5.57 Å². The molecule has 0 spiro atoms. The van der Waals surface area contributed by atoms with E-state index in [4.69, 9.17) is 9.47 Å². The Balaban J connectivity index is 1.44. The predicted molar refractivity (Wildman–Crippen MR) is 180 cm³/mol. The lowest BCUT2D eigenvalue weighted by Crippen LogP contribution is -2.64.